The molecule has 4 aromatic rings. The van der Waals surface area contributed by atoms with Gasteiger partial charge in [-0.3, -0.25) is 4.98 Å². The van der Waals surface area contributed by atoms with E-state index in [-0.39, 0.29) is 26.3 Å². The number of sulfone groups is 1. The van der Waals surface area contributed by atoms with Crippen molar-refractivity contribution < 1.29 is 21.6 Å². The lowest BCUT2D eigenvalue weighted by atomic mass is 10.0. The summed E-state index contributed by atoms with van der Waals surface area (Å²) >= 11 is 0. The SMILES string of the molecule is O=S(=O)(c1cccc(F)c1)c1cnc2c(F)cccc2c1-c1ccc(F)cc1. The molecule has 0 unspecified atom stereocenters. The number of hydrogen-bond acceptors (Lipinski definition) is 3. The van der Waals surface area contributed by atoms with Gasteiger partial charge in [0, 0.05) is 17.1 Å². The fourth-order valence-electron chi connectivity index (χ4n) is 3.05. The molecule has 0 aliphatic rings. The van der Waals surface area contributed by atoms with Crippen LogP contribution in [0.25, 0.3) is 22.0 Å². The van der Waals surface area contributed by atoms with Crippen molar-refractivity contribution >= 4 is 20.7 Å². The maximum Gasteiger partial charge on any atom is 0.208 e. The monoisotopic (exact) mass is 399 g/mol. The van der Waals surface area contributed by atoms with Gasteiger partial charge < -0.3 is 0 Å². The highest BCUT2D eigenvalue weighted by Crippen LogP contribution is 2.37. The van der Waals surface area contributed by atoms with E-state index in [0.717, 1.165) is 18.3 Å². The second-order valence-electron chi connectivity index (χ2n) is 6.10. The molecule has 0 saturated carbocycles. The van der Waals surface area contributed by atoms with Crippen LogP contribution in [0.5, 0.6) is 0 Å². The largest absolute Gasteiger partial charge is 0.252 e. The first-order valence-electron chi connectivity index (χ1n) is 8.22. The zero-order valence-electron chi connectivity index (χ0n) is 14.2. The third-order valence-electron chi connectivity index (χ3n) is 4.34. The number of para-hydroxylation sites is 1. The average molecular weight is 399 g/mol. The smallest absolute Gasteiger partial charge is 0.208 e. The molecule has 0 radical (unpaired) electrons. The van der Waals surface area contributed by atoms with Crippen molar-refractivity contribution in [1.82, 2.24) is 4.98 Å². The first-order chi connectivity index (χ1) is 13.4. The van der Waals surface area contributed by atoms with Gasteiger partial charge in [0.05, 0.1) is 9.79 Å². The molecule has 28 heavy (non-hydrogen) atoms. The van der Waals surface area contributed by atoms with E-state index in [1.165, 1.54) is 54.6 Å². The van der Waals surface area contributed by atoms with Gasteiger partial charge in [0.1, 0.15) is 23.0 Å². The molecule has 0 N–H and O–H groups in total. The van der Waals surface area contributed by atoms with Gasteiger partial charge in [0.15, 0.2) is 0 Å². The van der Waals surface area contributed by atoms with Gasteiger partial charge in [-0.25, -0.2) is 21.6 Å². The number of pyridine rings is 1. The lowest BCUT2D eigenvalue weighted by molar-refractivity contribution is 0.590. The predicted molar refractivity (Wildman–Crippen MR) is 98.9 cm³/mol. The summed E-state index contributed by atoms with van der Waals surface area (Å²) in [5.74, 6) is -1.82. The van der Waals surface area contributed by atoms with Crippen molar-refractivity contribution in [3.63, 3.8) is 0 Å². The van der Waals surface area contributed by atoms with E-state index in [4.69, 9.17) is 0 Å². The molecule has 1 heterocycles. The maximum absolute atomic E-state index is 14.2. The molecule has 0 atom stereocenters. The summed E-state index contributed by atoms with van der Waals surface area (Å²) < 4.78 is 67.6. The molecular formula is C21H12F3NO2S. The molecule has 0 fully saturated rings. The molecule has 0 spiro atoms. The van der Waals surface area contributed by atoms with E-state index >= 15 is 0 Å². The van der Waals surface area contributed by atoms with Crippen LogP contribution in [0.1, 0.15) is 0 Å². The molecule has 3 nitrogen and oxygen atoms in total. The van der Waals surface area contributed by atoms with Crippen molar-refractivity contribution in [1.29, 1.82) is 0 Å². The number of halogens is 3. The quantitative estimate of drug-likeness (QED) is 0.479. The number of benzene rings is 3. The van der Waals surface area contributed by atoms with Crippen molar-refractivity contribution in [2.24, 2.45) is 0 Å². The maximum atomic E-state index is 14.2. The Morgan fingerprint density at radius 2 is 1.50 bits per heavy atom. The Labute approximate surface area is 159 Å². The Bertz CT molecular complexity index is 1300. The van der Waals surface area contributed by atoms with E-state index in [2.05, 4.69) is 4.98 Å². The normalized spacial score (nSPS) is 11.7. The predicted octanol–water partition coefficient (Wildman–Crippen LogP) is 5.15. The molecule has 0 aliphatic heterocycles. The van der Waals surface area contributed by atoms with Crippen LogP contribution < -0.4 is 0 Å². The number of rotatable bonds is 3. The molecule has 0 aliphatic carbocycles. The number of hydrogen-bond donors (Lipinski definition) is 0. The van der Waals surface area contributed by atoms with Crippen molar-refractivity contribution in [2.75, 3.05) is 0 Å². The van der Waals surface area contributed by atoms with Crippen LogP contribution in [0, 0.1) is 17.5 Å². The average Bonchev–Trinajstić information content (AvgIpc) is 2.68. The highest BCUT2D eigenvalue weighted by molar-refractivity contribution is 7.91. The van der Waals surface area contributed by atoms with Gasteiger partial charge in [0.25, 0.3) is 0 Å². The summed E-state index contributed by atoms with van der Waals surface area (Å²) in [4.78, 5) is 3.50. The fraction of sp³-hybridized carbons (Fsp3) is 0. The molecule has 3 aromatic carbocycles. The minimum absolute atomic E-state index is 0.0139. The second kappa shape index (κ2) is 6.76. The summed E-state index contributed by atoms with van der Waals surface area (Å²) in [5.41, 5.74) is 0.531. The Morgan fingerprint density at radius 3 is 2.21 bits per heavy atom. The first-order valence-corrected chi connectivity index (χ1v) is 9.70. The van der Waals surface area contributed by atoms with Gasteiger partial charge in [-0.15, -0.1) is 0 Å². The Hall–Kier alpha value is -3.19. The minimum atomic E-state index is -4.17. The highest BCUT2D eigenvalue weighted by Gasteiger charge is 2.25. The summed E-state index contributed by atoms with van der Waals surface area (Å²) in [6, 6.07) is 13.9. The number of fused-ring (bicyclic) bond motifs is 1. The van der Waals surface area contributed by atoms with Gasteiger partial charge >= 0.3 is 0 Å². The topological polar surface area (TPSA) is 47.0 Å². The van der Waals surface area contributed by atoms with Crippen LogP contribution in [-0.2, 0) is 9.84 Å². The van der Waals surface area contributed by atoms with E-state index < -0.39 is 27.3 Å². The zero-order valence-corrected chi connectivity index (χ0v) is 15.1. The van der Waals surface area contributed by atoms with Crippen LogP contribution in [0.2, 0.25) is 0 Å². The van der Waals surface area contributed by atoms with Crippen LogP contribution in [0.3, 0.4) is 0 Å². The van der Waals surface area contributed by atoms with Crippen LogP contribution in [0.4, 0.5) is 13.2 Å². The van der Waals surface area contributed by atoms with E-state index in [1.807, 2.05) is 0 Å². The summed E-state index contributed by atoms with van der Waals surface area (Å²) in [6.45, 7) is 0. The molecule has 1 aromatic heterocycles. The lowest BCUT2D eigenvalue weighted by Gasteiger charge is -2.14. The summed E-state index contributed by atoms with van der Waals surface area (Å²) in [5, 5.41) is 0.254. The third kappa shape index (κ3) is 3.03. The molecular weight excluding hydrogens is 387 g/mol. The lowest BCUT2D eigenvalue weighted by Crippen LogP contribution is -2.06. The van der Waals surface area contributed by atoms with E-state index in [1.54, 1.807) is 0 Å². The van der Waals surface area contributed by atoms with Crippen molar-refractivity contribution in [3.8, 4) is 11.1 Å². The van der Waals surface area contributed by atoms with Gasteiger partial charge in [-0.2, -0.15) is 0 Å². The van der Waals surface area contributed by atoms with Crippen LogP contribution >= 0.6 is 0 Å². The molecule has 4 rings (SSSR count). The fourth-order valence-corrected chi connectivity index (χ4v) is 4.52. The Kier molecular flexibility index (Phi) is 4.39. The first kappa shape index (κ1) is 18.2. The summed E-state index contributed by atoms with van der Waals surface area (Å²) in [6.07, 6.45) is 1.05. The minimum Gasteiger partial charge on any atom is -0.252 e. The van der Waals surface area contributed by atoms with Crippen LogP contribution in [0.15, 0.2) is 82.7 Å². The van der Waals surface area contributed by atoms with Crippen molar-refractivity contribution in [3.05, 3.63) is 90.4 Å². The molecule has 7 heteroatoms. The zero-order chi connectivity index (χ0) is 19.9. The molecule has 0 saturated heterocycles. The number of aromatic nitrogens is 1. The van der Waals surface area contributed by atoms with Gasteiger partial charge in [0.2, 0.25) is 9.84 Å². The van der Waals surface area contributed by atoms with E-state index in [9.17, 15) is 21.6 Å². The molecule has 0 amide bonds. The standard InChI is InChI=1S/C21H12F3NO2S/c22-14-9-7-13(8-10-14)20-17-5-2-6-18(24)21(17)25-12-19(20)28(26,27)16-4-1-3-15(23)11-16/h1-12H. The second-order valence-corrected chi connectivity index (χ2v) is 8.02. The van der Waals surface area contributed by atoms with E-state index in [0.29, 0.717) is 5.56 Å². The highest BCUT2D eigenvalue weighted by atomic mass is 32.2. The molecule has 140 valence electrons. The summed E-state index contributed by atoms with van der Waals surface area (Å²) in [7, 11) is -4.17. The Balaban J connectivity index is 2.09. The number of nitrogens with zero attached hydrogens (tertiary/aromatic N) is 1. The third-order valence-corrected chi connectivity index (χ3v) is 6.11. The van der Waals surface area contributed by atoms with Crippen LogP contribution in [-0.4, -0.2) is 13.4 Å². The Morgan fingerprint density at radius 1 is 0.786 bits per heavy atom. The molecule has 0 bridgehead atoms. The van der Waals surface area contributed by atoms with Gasteiger partial charge in [-0.05, 0) is 42.0 Å². The van der Waals surface area contributed by atoms with Crippen molar-refractivity contribution in [2.45, 2.75) is 9.79 Å². The van der Waals surface area contributed by atoms with Gasteiger partial charge in [-0.1, -0.05) is 30.3 Å².